The SMILES string of the molecule is N#Cc1c(C(F)(F)F)cc(-c2ccccc2)n(/N=C2\C[C@@H]3CC[C@H]2C3)c1=O. The van der Waals surface area contributed by atoms with E-state index in [1.807, 2.05) is 0 Å². The Kier molecular flexibility index (Phi) is 4.14. The smallest absolute Gasteiger partial charge is 0.266 e. The second kappa shape index (κ2) is 6.38. The van der Waals surface area contributed by atoms with Crippen LogP contribution in [0, 0.1) is 23.2 Å². The van der Waals surface area contributed by atoms with Crippen molar-refractivity contribution in [2.75, 3.05) is 0 Å². The Morgan fingerprint density at radius 3 is 2.48 bits per heavy atom. The van der Waals surface area contributed by atoms with E-state index in [-0.39, 0.29) is 11.6 Å². The zero-order chi connectivity index (χ0) is 19.2. The summed E-state index contributed by atoms with van der Waals surface area (Å²) in [5, 5.41) is 13.7. The van der Waals surface area contributed by atoms with Crippen molar-refractivity contribution in [1.29, 1.82) is 5.26 Å². The van der Waals surface area contributed by atoms with Crippen LogP contribution in [0.4, 0.5) is 13.2 Å². The van der Waals surface area contributed by atoms with Crippen molar-refractivity contribution in [3.05, 3.63) is 57.9 Å². The quantitative estimate of drug-likeness (QED) is 0.784. The van der Waals surface area contributed by atoms with Gasteiger partial charge in [0.1, 0.15) is 11.6 Å². The lowest BCUT2D eigenvalue weighted by Crippen LogP contribution is -2.27. The predicted octanol–water partition coefficient (Wildman–Crippen LogP) is 4.43. The highest BCUT2D eigenvalue weighted by Crippen LogP contribution is 2.43. The fourth-order valence-corrected chi connectivity index (χ4v) is 4.12. The van der Waals surface area contributed by atoms with Crippen molar-refractivity contribution in [3.8, 4) is 17.3 Å². The first-order valence-electron chi connectivity index (χ1n) is 8.79. The molecule has 0 unspecified atom stereocenters. The number of alkyl halides is 3. The van der Waals surface area contributed by atoms with Crippen LogP contribution in [0.25, 0.3) is 11.3 Å². The summed E-state index contributed by atoms with van der Waals surface area (Å²) in [4.78, 5) is 12.8. The molecule has 4 nitrogen and oxygen atoms in total. The molecule has 0 saturated heterocycles. The topological polar surface area (TPSA) is 58.1 Å². The van der Waals surface area contributed by atoms with Crippen molar-refractivity contribution in [1.82, 2.24) is 4.68 Å². The van der Waals surface area contributed by atoms with Gasteiger partial charge in [-0.2, -0.15) is 28.2 Å². The number of rotatable bonds is 2. The molecule has 0 aliphatic heterocycles. The number of benzene rings is 1. The second-order valence-corrected chi connectivity index (χ2v) is 7.08. The molecule has 0 radical (unpaired) electrons. The third kappa shape index (κ3) is 3.05. The Morgan fingerprint density at radius 1 is 1.19 bits per heavy atom. The average molecular weight is 371 g/mol. The summed E-state index contributed by atoms with van der Waals surface area (Å²) < 4.78 is 41.3. The Balaban J connectivity index is 1.98. The van der Waals surface area contributed by atoms with Crippen LogP contribution in [0.2, 0.25) is 0 Å². The molecular formula is C20H16F3N3O. The van der Waals surface area contributed by atoms with Gasteiger partial charge in [-0.25, -0.2) is 0 Å². The highest BCUT2D eigenvalue weighted by molar-refractivity contribution is 5.90. The number of pyridine rings is 1. The molecule has 1 aromatic heterocycles. The van der Waals surface area contributed by atoms with E-state index in [2.05, 4.69) is 5.10 Å². The number of hydrogen-bond acceptors (Lipinski definition) is 3. The van der Waals surface area contributed by atoms with Gasteiger partial charge in [-0.05, 0) is 43.6 Å². The molecule has 2 fully saturated rings. The van der Waals surface area contributed by atoms with Gasteiger partial charge in [0.15, 0.2) is 0 Å². The van der Waals surface area contributed by atoms with Gasteiger partial charge in [0.05, 0.1) is 11.3 Å². The van der Waals surface area contributed by atoms with E-state index in [1.54, 1.807) is 30.3 Å². The largest absolute Gasteiger partial charge is 0.417 e. The fourth-order valence-electron chi connectivity index (χ4n) is 4.12. The summed E-state index contributed by atoms with van der Waals surface area (Å²) in [5.74, 6) is 0.813. The molecule has 2 aliphatic rings. The van der Waals surface area contributed by atoms with Gasteiger partial charge < -0.3 is 0 Å². The van der Waals surface area contributed by atoms with Gasteiger partial charge in [0.2, 0.25) is 0 Å². The molecule has 2 atom stereocenters. The number of nitrogens with zero attached hydrogens (tertiary/aromatic N) is 3. The lowest BCUT2D eigenvalue weighted by Gasteiger charge is -2.17. The Morgan fingerprint density at radius 2 is 1.93 bits per heavy atom. The van der Waals surface area contributed by atoms with E-state index in [9.17, 15) is 23.2 Å². The van der Waals surface area contributed by atoms with Crippen molar-refractivity contribution >= 4 is 5.71 Å². The molecule has 7 heteroatoms. The summed E-state index contributed by atoms with van der Waals surface area (Å²) in [7, 11) is 0. The van der Waals surface area contributed by atoms with Gasteiger partial charge in [0, 0.05) is 11.3 Å². The monoisotopic (exact) mass is 371 g/mol. The Hall–Kier alpha value is -2.88. The van der Waals surface area contributed by atoms with Crippen LogP contribution in [-0.2, 0) is 6.18 Å². The molecule has 1 aromatic carbocycles. The standard InChI is InChI=1S/C20H16F3N3O/c21-20(22,23)16-10-18(13-4-2-1-3-5-13)26(19(27)15(16)11-24)25-17-9-12-6-7-14(17)8-12/h1-5,10,12,14H,6-9H2/b25-17+/t12-,14+/m1/s1. The minimum Gasteiger partial charge on any atom is -0.266 e. The number of fused-ring (bicyclic) bond motifs is 2. The van der Waals surface area contributed by atoms with Gasteiger partial charge >= 0.3 is 6.18 Å². The third-order valence-electron chi connectivity index (χ3n) is 5.41. The van der Waals surface area contributed by atoms with E-state index < -0.39 is 22.9 Å². The second-order valence-electron chi connectivity index (χ2n) is 7.08. The molecule has 138 valence electrons. The highest BCUT2D eigenvalue weighted by Gasteiger charge is 2.39. The molecule has 0 amide bonds. The molecule has 2 saturated carbocycles. The molecule has 2 bridgehead atoms. The normalized spacial score (nSPS) is 23.0. The average Bonchev–Trinajstić information content (AvgIpc) is 3.26. The van der Waals surface area contributed by atoms with E-state index in [1.165, 1.54) is 6.07 Å². The molecule has 0 N–H and O–H groups in total. The molecule has 4 rings (SSSR count). The molecule has 2 aliphatic carbocycles. The summed E-state index contributed by atoms with van der Waals surface area (Å²) in [5.41, 5.74) is -1.84. The lowest BCUT2D eigenvalue weighted by molar-refractivity contribution is -0.137. The fraction of sp³-hybridized carbons (Fsp3) is 0.350. The highest BCUT2D eigenvalue weighted by atomic mass is 19.4. The first kappa shape index (κ1) is 17.5. The van der Waals surface area contributed by atoms with Crippen molar-refractivity contribution < 1.29 is 13.2 Å². The van der Waals surface area contributed by atoms with Crippen molar-refractivity contribution in [2.45, 2.75) is 31.9 Å². The van der Waals surface area contributed by atoms with E-state index in [4.69, 9.17) is 0 Å². The van der Waals surface area contributed by atoms with E-state index >= 15 is 0 Å². The van der Waals surface area contributed by atoms with Crippen LogP contribution in [0.15, 0.2) is 46.3 Å². The van der Waals surface area contributed by atoms with Gasteiger partial charge in [0.25, 0.3) is 5.56 Å². The molecule has 1 heterocycles. The molecule has 2 aromatic rings. The summed E-state index contributed by atoms with van der Waals surface area (Å²) in [6.07, 6.45) is -0.911. The summed E-state index contributed by atoms with van der Waals surface area (Å²) in [6.45, 7) is 0. The first-order chi connectivity index (χ1) is 12.9. The summed E-state index contributed by atoms with van der Waals surface area (Å²) in [6, 6.07) is 10.6. The Labute approximate surface area is 153 Å². The van der Waals surface area contributed by atoms with Crippen molar-refractivity contribution in [2.24, 2.45) is 16.9 Å². The first-order valence-corrected chi connectivity index (χ1v) is 8.79. The zero-order valence-electron chi connectivity index (χ0n) is 14.3. The van der Waals surface area contributed by atoms with Crippen LogP contribution in [0.1, 0.15) is 36.8 Å². The number of aromatic nitrogens is 1. The van der Waals surface area contributed by atoms with Gasteiger partial charge in [-0.1, -0.05) is 30.3 Å². The number of halogens is 3. The minimum absolute atomic E-state index is 0.0437. The van der Waals surface area contributed by atoms with Crippen molar-refractivity contribution in [3.63, 3.8) is 0 Å². The minimum atomic E-state index is -4.80. The number of hydrogen-bond donors (Lipinski definition) is 0. The van der Waals surface area contributed by atoms with Crippen LogP contribution in [-0.4, -0.2) is 10.4 Å². The number of nitriles is 1. The zero-order valence-corrected chi connectivity index (χ0v) is 14.3. The maximum absolute atomic E-state index is 13.4. The molecular weight excluding hydrogens is 355 g/mol. The maximum Gasteiger partial charge on any atom is 0.417 e. The van der Waals surface area contributed by atoms with Crippen LogP contribution < -0.4 is 5.56 Å². The lowest BCUT2D eigenvalue weighted by atomic mass is 9.99. The van der Waals surface area contributed by atoms with Gasteiger partial charge in [-0.3, -0.25) is 4.79 Å². The molecule has 27 heavy (non-hydrogen) atoms. The van der Waals surface area contributed by atoms with Gasteiger partial charge in [-0.15, -0.1) is 0 Å². The molecule has 0 spiro atoms. The summed E-state index contributed by atoms with van der Waals surface area (Å²) >= 11 is 0. The Bertz CT molecular complexity index is 1020. The van der Waals surface area contributed by atoms with Crippen LogP contribution >= 0.6 is 0 Å². The van der Waals surface area contributed by atoms with E-state index in [0.717, 1.165) is 42.1 Å². The third-order valence-corrected chi connectivity index (χ3v) is 5.41. The van der Waals surface area contributed by atoms with Crippen LogP contribution in [0.3, 0.4) is 0 Å². The van der Waals surface area contributed by atoms with E-state index in [0.29, 0.717) is 11.5 Å². The predicted molar refractivity (Wildman–Crippen MR) is 94.1 cm³/mol. The van der Waals surface area contributed by atoms with Crippen LogP contribution in [0.5, 0.6) is 0 Å². The maximum atomic E-state index is 13.4.